The van der Waals surface area contributed by atoms with E-state index in [1.165, 1.54) is 0 Å². The summed E-state index contributed by atoms with van der Waals surface area (Å²) in [6.07, 6.45) is 0. The Labute approximate surface area is 193 Å². The lowest BCUT2D eigenvalue weighted by atomic mass is 10.1. The summed E-state index contributed by atoms with van der Waals surface area (Å²) >= 11 is 7.74. The standard InChI is InChI=1S/C23H20ClN3O4S/c1-12-8-16(14(3)32-12)19-9-17(21-13(2)27-31-22(21)26-19)23(29)30-11-20(28)25-10-15-6-4-5-7-18(15)24/h4-9H,10-11H2,1-3H3,(H,25,28). The van der Waals surface area contributed by atoms with Gasteiger partial charge in [-0.2, -0.15) is 0 Å². The number of aromatic nitrogens is 2. The molecule has 9 heteroatoms. The van der Waals surface area contributed by atoms with E-state index in [0.29, 0.717) is 21.8 Å². The number of carbonyl (C=O) groups is 2. The monoisotopic (exact) mass is 469 g/mol. The Hall–Kier alpha value is -3.23. The van der Waals surface area contributed by atoms with Crippen LogP contribution in [0.25, 0.3) is 22.4 Å². The average Bonchev–Trinajstić information content (AvgIpc) is 3.31. The molecule has 164 valence electrons. The zero-order valence-corrected chi connectivity index (χ0v) is 19.3. The predicted octanol–water partition coefficient (Wildman–Crippen LogP) is 5.00. The van der Waals surface area contributed by atoms with E-state index in [0.717, 1.165) is 20.9 Å². The predicted molar refractivity (Wildman–Crippen MR) is 123 cm³/mol. The number of rotatable bonds is 6. The number of carbonyl (C=O) groups excluding carboxylic acids is 2. The number of nitrogens with one attached hydrogen (secondary N) is 1. The molecule has 1 aromatic carbocycles. The second-order valence-electron chi connectivity index (χ2n) is 7.27. The van der Waals surface area contributed by atoms with Gasteiger partial charge < -0.3 is 14.6 Å². The third-order valence-corrected chi connectivity index (χ3v) is 6.26. The molecule has 0 spiro atoms. The summed E-state index contributed by atoms with van der Waals surface area (Å²) in [5.74, 6) is -1.09. The van der Waals surface area contributed by atoms with Crippen molar-refractivity contribution in [2.45, 2.75) is 27.3 Å². The van der Waals surface area contributed by atoms with Gasteiger partial charge in [-0.3, -0.25) is 4.79 Å². The maximum absolute atomic E-state index is 12.9. The van der Waals surface area contributed by atoms with Crippen LogP contribution < -0.4 is 5.32 Å². The van der Waals surface area contributed by atoms with Crippen molar-refractivity contribution in [3.8, 4) is 11.3 Å². The lowest BCUT2D eigenvalue weighted by Gasteiger charge is -2.09. The Morgan fingerprint density at radius 3 is 2.69 bits per heavy atom. The van der Waals surface area contributed by atoms with E-state index < -0.39 is 18.5 Å². The zero-order chi connectivity index (χ0) is 22.8. The number of benzene rings is 1. The van der Waals surface area contributed by atoms with Gasteiger partial charge in [0.05, 0.1) is 22.3 Å². The lowest BCUT2D eigenvalue weighted by molar-refractivity contribution is -0.124. The van der Waals surface area contributed by atoms with Crippen LogP contribution in [-0.2, 0) is 16.1 Å². The molecule has 3 heterocycles. The van der Waals surface area contributed by atoms with Crippen LogP contribution in [0.15, 0.2) is 40.9 Å². The summed E-state index contributed by atoms with van der Waals surface area (Å²) in [5.41, 5.74) is 3.30. The Morgan fingerprint density at radius 1 is 1.19 bits per heavy atom. The molecule has 0 aliphatic carbocycles. The first-order valence-electron chi connectivity index (χ1n) is 9.85. The van der Waals surface area contributed by atoms with Crippen LogP contribution in [0, 0.1) is 20.8 Å². The first-order chi connectivity index (χ1) is 15.3. The quantitative estimate of drug-likeness (QED) is 0.399. The minimum absolute atomic E-state index is 0.237. The fourth-order valence-corrected chi connectivity index (χ4v) is 4.51. The van der Waals surface area contributed by atoms with E-state index in [9.17, 15) is 9.59 Å². The maximum atomic E-state index is 12.9. The molecule has 0 saturated heterocycles. The highest BCUT2D eigenvalue weighted by Crippen LogP contribution is 2.33. The molecule has 4 aromatic rings. The molecule has 1 amide bonds. The lowest BCUT2D eigenvalue weighted by Crippen LogP contribution is -2.28. The third kappa shape index (κ3) is 4.51. The number of thiophene rings is 1. The van der Waals surface area contributed by atoms with Crippen molar-refractivity contribution in [1.82, 2.24) is 15.5 Å². The van der Waals surface area contributed by atoms with Gasteiger partial charge in [0.25, 0.3) is 11.6 Å². The van der Waals surface area contributed by atoms with E-state index in [1.807, 2.05) is 38.1 Å². The van der Waals surface area contributed by atoms with Crippen molar-refractivity contribution in [1.29, 1.82) is 0 Å². The molecule has 0 saturated carbocycles. The highest BCUT2D eigenvalue weighted by atomic mass is 35.5. The van der Waals surface area contributed by atoms with Gasteiger partial charge in [-0.05, 0) is 44.5 Å². The first kappa shape index (κ1) is 22.0. The van der Waals surface area contributed by atoms with Crippen molar-refractivity contribution in [2.75, 3.05) is 6.61 Å². The Balaban J connectivity index is 1.52. The normalized spacial score (nSPS) is 11.0. The first-order valence-corrected chi connectivity index (χ1v) is 11.0. The van der Waals surface area contributed by atoms with Gasteiger partial charge in [0.15, 0.2) is 6.61 Å². The van der Waals surface area contributed by atoms with E-state index in [1.54, 1.807) is 30.4 Å². The van der Waals surface area contributed by atoms with Crippen LogP contribution >= 0.6 is 22.9 Å². The summed E-state index contributed by atoms with van der Waals surface area (Å²) in [5, 5.41) is 7.65. The third-order valence-electron chi connectivity index (χ3n) is 4.92. The molecule has 0 aliphatic rings. The minimum atomic E-state index is -0.651. The number of fused-ring (bicyclic) bond motifs is 1. The van der Waals surface area contributed by atoms with Gasteiger partial charge in [0.2, 0.25) is 0 Å². The summed E-state index contributed by atoms with van der Waals surface area (Å²) < 4.78 is 10.6. The van der Waals surface area contributed by atoms with Crippen molar-refractivity contribution < 1.29 is 18.8 Å². The highest BCUT2D eigenvalue weighted by molar-refractivity contribution is 7.12. The van der Waals surface area contributed by atoms with Crippen LogP contribution in [0.3, 0.4) is 0 Å². The number of amides is 1. The van der Waals surface area contributed by atoms with Crippen LogP contribution in [0.1, 0.15) is 31.4 Å². The molecular weight excluding hydrogens is 450 g/mol. The van der Waals surface area contributed by atoms with Crippen LogP contribution in [0.2, 0.25) is 5.02 Å². The summed E-state index contributed by atoms with van der Waals surface area (Å²) in [6, 6.07) is 10.9. The number of nitrogens with zero attached hydrogens (tertiary/aromatic N) is 2. The minimum Gasteiger partial charge on any atom is -0.452 e. The summed E-state index contributed by atoms with van der Waals surface area (Å²) in [6.45, 7) is 5.53. The molecule has 0 bridgehead atoms. The van der Waals surface area contributed by atoms with Crippen molar-refractivity contribution in [3.63, 3.8) is 0 Å². The topological polar surface area (TPSA) is 94.3 Å². The maximum Gasteiger partial charge on any atom is 0.339 e. The molecule has 32 heavy (non-hydrogen) atoms. The van der Waals surface area contributed by atoms with Gasteiger partial charge in [-0.15, -0.1) is 11.3 Å². The van der Waals surface area contributed by atoms with Crippen molar-refractivity contribution in [2.24, 2.45) is 0 Å². The number of halogens is 1. The van der Waals surface area contributed by atoms with E-state index >= 15 is 0 Å². The summed E-state index contributed by atoms with van der Waals surface area (Å²) in [7, 11) is 0. The Kier molecular flexibility index (Phi) is 6.25. The number of ether oxygens (including phenoxy) is 1. The molecule has 1 N–H and O–H groups in total. The van der Waals surface area contributed by atoms with Crippen LogP contribution in [-0.4, -0.2) is 28.6 Å². The molecule has 7 nitrogen and oxygen atoms in total. The Bertz CT molecular complexity index is 1330. The smallest absolute Gasteiger partial charge is 0.339 e. The number of esters is 1. The molecule has 3 aromatic heterocycles. The number of hydrogen-bond acceptors (Lipinski definition) is 7. The molecular formula is C23H20ClN3O4S. The van der Waals surface area contributed by atoms with Crippen LogP contribution in [0.5, 0.6) is 0 Å². The van der Waals surface area contributed by atoms with E-state index in [4.69, 9.17) is 20.9 Å². The molecule has 4 rings (SSSR count). The van der Waals surface area contributed by atoms with E-state index in [-0.39, 0.29) is 17.8 Å². The molecule has 0 atom stereocenters. The molecule has 0 radical (unpaired) electrons. The fourth-order valence-electron chi connectivity index (χ4n) is 3.37. The fraction of sp³-hybridized carbons (Fsp3) is 0.217. The van der Waals surface area contributed by atoms with Gasteiger partial charge in [0, 0.05) is 26.9 Å². The highest BCUT2D eigenvalue weighted by Gasteiger charge is 2.22. The van der Waals surface area contributed by atoms with Gasteiger partial charge in [-0.1, -0.05) is 35.0 Å². The second kappa shape index (κ2) is 9.10. The van der Waals surface area contributed by atoms with Crippen molar-refractivity contribution >= 4 is 45.9 Å². The van der Waals surface area contributed by atoms with Gasteiger partial charge in [0.1, 0.15) is 0 Å². The van der Waals surface area contributed by atoms with Gasteiger partial charge >= 0.3 is 5.97 Å². The molecule has 0 unspecified atom stereocenters. The molecule has 0 aliphatic heterocycles. The number of hydrogen-bond donors (Lipinski definition) is 1. The number of aryl methyl sites for hydroxylation is 3. The second-order valence-corrected chi connectivity index (χ2v) is 9.14. The number of pyridine rings is 1. The zero-order valence-electron chi connectivity index (χ0n) is 17.7. The van der Waals surface area contributed by atoms with Gasteiger partial charge in [-0.25, -0.2) is 9.78 Å². The average molecular weight is 470 g/mol. The Morgan fingerprint density at radius 2 is 1.97 bits per heavy atom. The van der Waals surface area contributed by atoms with E-state index in [2.05, 4.69) is 15.5 Å². The van der Waals surface area contributed by atoms with Crippen molar-refractivity contribution in [3.05, 3.63) is 68.0 Å². The van der Waals surface area contributed by atoms with Crippen LogP contribution in [0.4, 0.5) is 0 Å². The summed E-state index contributed by atoms with van der Waals surface area (Å²) in [4.78, 5) is 31.8. The SMILES string of the molecule is Cc1cc(-c2cc(C(=O)OCC(=O)NCc3ccccc3Cl)c3c(C)noc3n2)c(C)s1. The molecule has 0 fully saturated rings. The largest absolute Gasteiger partial charge is 0.452 e.